The Morgan fingerprint density at radius 3 is 2.56 bits per heavy atom. The molecule has 0 heterocycles. The van der Waals surface area contributed by atoms with Gasteiger partial charge in [-0.3, -0.25) is 0 Å². The Labute approximate surface area is 112 Å². The molecular formula is C9H15BrF3NO3S. The van der Waals surface area contributed by atoms with Gasteiger partial charge in [-0.1, -0.05) is 15.9 Å². The zero-order valence-corrected chi connectivity index (χ0v) is 11.9. The third kappa shape index (κ3) is 6.35. The maximum atomic E-state index is 12.0. The maximum Gasteiger partial charge on any atom is 0.411 e. The summed E-state index contributed by atoms with van der Waals surface area (Å²) in [5, 5.41) is 0. The minimum absolute atomic E-state index is 0.218. The minimum atomic E-state index is -4.34. The fraction of sp³-hybridized carbons (Fsp3) is 1.00. The van der Waals surface area contributed by atoms with Gasteiger partial charge in [0.05, 0.1) is 6.10 Å². The molecule has 1 aliphatic carbocycles. The van der Waals surface area contributed by atoms with Gasteiger partial charge in [-0.25, -0.2) is 13.1 Å². The first-order chi connectivity index (χ1) is 8.22. The molecule has 2 atom stereocenters. The lowest BCUT2D eigenvalue weighted by molar-refractivity contribution is -0.188. The van der Waals surface area contributed by atoms with Crippen LogP contribution in [0, 0.1) is 0 Å². The SMILES string of the molecule is O=S(=O)(CBr)NC1CCCC(OCC(F)(F)F)C1. The molecule has 1 aliphatic rings. The van der Waals surface area contributed by atoms with Gasteiger partial charge in [0.1, 0.15) is 11.3 Å². The van der Waals surface area contributed by atoms with Gasteiger partial charge in [0.25, 0.3) is 0 Å². The van der Waals surface area contributed by atoms with E-state index < -0.39 is 28.9 Å². The number of halogens is 4. The van der Waals surface area contributed by atoms with Crippen molar-refractivity contribution in [3.63, 3.8) is 0 Å². The van der Waals surface area contributed by atoms with Crippen LogP contribution in [-0.2, 0) is 14.8 Å². The van der Waals surface area contributed by atoms with Crippen molar-refractivity contribution in [3.8, 4) is 0 Å². The monoisotopic (exact) mass is 353 g/mol. The largest absolute Gasteiger partial charge is 0.411 e. The topological polar surface area (TPSA) is 55.4 Å². The molecule has 0 saturated heterocycles. The van der Waals surface area contributed by atoms with E-state index >= 15 is 0 Å². The van der Waals surface area contributed by atoms with E-state index in [2.05, 4.69) is 20.7 Å². The van der Waals surface area contributed by atoms with Crippen molar-refractivity contribution in [2.75, 3.05) is 11.3 Å². The zero-order chi connectivity index (χ0) is 13.8. The standard InChI is InChI=1S/C9H15BrF3NO3S/c10-6-18(15,16)14-7-2-1-3-8(4-7)17-5-9(11,12)13/h7-8,14H,1-6H2. The first kappa shape index (κ1) is 16.2. The summed E-state index contributed by atoms with van der Waals surface area (Å²) in [5.74, 6) is 0. The molecule has 0 bridgehead atoms. The molecule has 1 rings (SSSR count). The second-order valence-electron chi connectivity index (χ2n) is 4.25. The summed E-state index contributed by atoms with van der Waals surface area (Å²) < 4.78 is 65.6. The van der Waals surface area contributed by atoms with Crippen molar-refractivity contribution < 1.29 is 26.3 Å². The summed E-state index contributed by atoms with van der Waals surface area (Å²) >= 11 is 2.84. The van der Waals surface area contributed by atoms with Crippen LogP contribution in [0.15, 0.2) is 0 Å². The first-order valence-corrected chi connectivity index (χ1v) is 8.23. The van der Waals surface area contributed by atoms with Crippen LogP contribution in [-0.4, -0.2) is 38.0 Å². The van der Waals surface area contributed by atoms with Gasteiger partial charge in [0.2, 0.25) is 10.0 Å². The van der Waals surface area contributed by atoms with Crippen LogP contribution in [0.3, 0.4) is 0 Å². The van der Waals surface area contributed by atoms with Gasteiger partial charge >= 0.3 is 6.18 Å². The fourth-order valence-electron chi connectivity index (χ4n) is 1.90. The lowest BCUT2D eigenvalue weighted by atomic mass is 9.93. The van der Waals surface area contributed by atoms with Gasteiger partial charge in [-0.15, -0.1) is 0 Å². The van der Waals surface area contributed by atoms with Crippen LogP contribution in [0.2, 0.25) is 0 Å². The number of rotatable bonds is 5. The second-order valence-corrected chi connectivity index (χ2v) is 7.31. The van der Waals surface area contributed by atoms with Crippen LogP contribution in [0.5, 0.6) is 0 Å². The Kier molecular flexibility index (Phi) is 5.88. The third-order valence-electron chi connectivity index (χ3n) is 2.60. The molecule has 9 heteroatoms. The lowest BCUT2D eigenvalue weighted by Crippen LogP contribution is -2.41. The van der Waals surface area contributed by atoms with E-state index in [1.54, 1.807) is 0 Å². The molecule has 108 valence electrons. The third-order valence-corrected chi connectivity index (χ3v) is 5.39. The van der Waals surface area contributed by atoms with Crippen LogP contribution >= 0.6 is 15.9 Å². The first-order valence-electron chi connectivity index (χ1n) is 5.46. The van der Waals surface area contributed by atoms with Crippen molar-refractivity contribution >= 4 is 26.0 Å². The normalized spacial score (nSPS) is 26.2. The Morgan fingerprint density at radius 1 is 1.33 bits per heavy atom. The Morgan fingerprint density at radius 2 is 2.00 bits per heavy atom. The summed E-state index contributed by atoms with van der Waals surface area (Å²) in [6.45, 7) is -1.28. The molecule has 18 heavy (non-hydrogen) atoms. The highest BCUT2D eigenvalue weighted by molar-refractivity contribution is 9.10. The van der Waals surface area contributed by atoms with Gasteiger partial charge < -0.3 is 4.74 Å². The highest BCUT2D eigenvalue weighted by Crippen LogP contribution is 2.24. The quantitative estimate of drug-likeness (QED) is 0.770. The summed E-state index contributed by atoms with van der Waals surface area (Å²) in [6.07, 6.45) is -2.80. The number of ether oxygens (including phenoxy) is 1. The molecule has 0 aliphatic heterocycles. The molecule has 1 saturated carbocycles. The Bertz CT molecular complexity index is 361. The number of alkyl halides is 4. The Hall–Kier alpha value is 0.140. The van der Waals surface area contributed by atoms with Gasteiger partial charge in [0.15, 0.2) is 0 Å². The average molecular weight is 354 g/mol. The minimum Gasteiger partial charge on any atom is -0.369 e. The second kappa shape index (κ2) is 6.53. The number of hydrogen-bond acceptors (Lipinski definition) is 3. The summed E-state index contributed by atoms with van der Waals surface area (Å²) in [7, 11) is -3.40. The predicted molar refractivity (Wildman–Crippen MR) is 63.9 cm³/mol. The summed E-state index contributed by atoms with van der Waals surface area (Å²) in [5.41, 5.74) is 0. The number of nitrogens with one attached hydrogen (secondary N) is 1. The van der Waals surface area contributed by atoms with Crippen molar-refractivity contribution in [2.45, 2.75) is 44.0 Å². The van der Waals surface area contributed by atoms with Crippen molar-refractivity contribution in [3.05, 3.63) is 0 Å². The van der Waals surface area contributed by atoms with E-state index in [9.17, 15) is 21.6 Å². The van der Waals surface area contributed by atoms with E-state index in [1.807, 2.05) is 0 Å². The van der Waals surface area contributed by atoms with Gasteiger partial charge in [-0.2, -0.15) is 13.2 Å². The van der Waals surface area contributed by atoms with E-state index in [-0.39, 0.29) is 17.1 Å². The molecule has 0 spiro atoms. The maximum absolute atomic E-state index is 12.0. The van der Waals surface area contributed by atoms with Crippen molar-refractivity contribution in [2.24, 2.45) is 0 Å². The summed E-state index contributed by atoms with van der Waals surface area (Å²) in [4.78, 5) is 0. The van der Waals surface area contributed by atoms with E-state index in [4.69, 9.17) is 4.74 Å². The van der Waals surface area contributed by atoms with Crippen LogP contribution in [0.1, 0.15) is 25.7 Å². The van der Waals surface area contributed by atoms with Gasteiger partial charge in [0, 0.05) is 6.04 Å². The molecule has 0 aromatic carbocycles. The van der Waals surface area contributed by atoms with E-state index in [0.29, 0.717) is 19.3 Å². The molecule has 4 nitrogen and oxygen atoms in total. The van der Waals surface area contributed by atoms with Crippen LogP contribution in [0.25, 0.3) is 0 Å². The zero-order valence-electron chi connectivity index (χ0n) is 9.54. The van der Waals surface area contributed by atoms with E-state index in [1.165, 1.54) is 0 Å². The van der Waals surface area contributed by atoms with E-state index in [0.717, 1.165) is 0 Å². The fourth-order valence-corrected chi connectivity index (χ4v) is 3.08. The van der Waals surface area contributed by atoms with Crippen LogP contribution < -0.4 is 4.72 Å². The molecule has 0 amide bonds. The van der Waals surface area contributed by atoms with Crippen molar-refractivity contribution in [1.82, 2.24) is 4.72 Å². The lowest BCUT2D eigenvalue weighted by Gasteiger charge is -2.29. The van der Waals surface area contributed by atoms with Crippen LogP contribution in [0.4, 0.5) is 13.2 Å². The molecular weight excluding hydrogens is 339 g/mol. The molecule has 0 radical (unpaired) electrons. The number of hydrogen-bond donors (Lipinski definition) is 1. The summed E-state index contributed by atoms with van der Waals surface area (Å²) in [6, 6.07) is -0.348. The van der Waals surface area contributed by atoms with Crippen molar-refractivity contribution in [1.29, 1.82) is 0 Å². The molecule has 1 N–H and O–H groups in total. The van der Waals surface area contributed by atoms with Gasteiger partial charge in [-0.05, 0) is 25.7 Å². The average Bonchev–Trinajstić information content (AvgIpc) is 2.25. The molecule has 0 aromatic rings. The molecule has 0 aromatic heterocycles. The smallest absolute Gasteiger partial charge is 0.369 e. The molecule has 1 fully saturated rings. The predicted octanol–water partition coefficient (Wildman–Crippen LogP) is 2.15. The number of sulfonamides is 1. The highest BCUT2D eigenvalue weighted by atomic mass is 79.9. The highest BCUT2D eigenvalue weighted by Gasteiger charge is 2.32. The molecule has 2 unspecified atom stereocenters. The Balaban J connectivity index is 2.42.